The summed E-state index contributed by atoms with van der Waals surface area (Å²) in [5, 5.41) is 8.89. The monoisotopic (exact) mass is 207 g/mol. The van der Waals surface area contributed by atoms with Gasteiger partial charge in [-0.15, -0.1) is 0 Å². The van der Waals surface area contributed by atoms with Crippen LogP contribution in [0.15, 0.2) is 0 Å². The van der Waals surface area contributed by atoms with Gasteiger partial charge in [0.05, 0.1) is 0 Å². The van der Waals surface area contributed by atoms with Crippen LogP contribution in [0.25, 0.3) is 0 Å². The second-order valence-electron chi connectivity index (χ2n) is 0.588. The Hall–Kier alpha value is 0.573. The van der Waals surface area contributed by atoms with Crippen molar-refractivity contribution in [3.8, 4) is 0 Å². The van der Waals surface area contributed by atoms with Crippen molar-refractivity contribution < 1.29 is 47.4 Å². The molecule has 0 spiro atoms. The molecule has 0 aliphatic heterocycles. The molecule has 0 unspecified atom stereocenters. The van der Waals surface area contributed by atoms with E-state index in [1.54, 1.807) is 0 Å². The molecule has 0 bridgehead atoms. The minimum atomic E-state index is -2.19. The molecular formula is C2H8GeNNaO4. The summed E-state index contributed by atoms with van der Waals surface area (Å²) in [4.78, 5) is 8.89. The first-order valence-corrected chi connectivity index (χ1v) is 3.36. The van der Waals surface area contributed by atoms with Gasteiger partial charge in [0.15, 0.2) is 0 Å². The zero-order valence-electron chi connectivity index (χ0n) is 5.71. The molecule has 7 heteroatoms. The van der Waals surface area contributed by atoms with Crippen molar-refractivity contribution >= 4 is 21.7 Å². The summed E-state index contributed by atoms with van der Waals surface area (Å²) < 4.78 is 17.1. The zero-order chi connectivity index (χ0) is 6.28. The summed E-state index contributed by atoms with van der Waals surface area (Å²) in [6, 6.07) is 0. The molecule has 50 valence electrons. The van der Waals surface area contributed by atoms with Crippen molar-refractivity contribution in [1.82, 2.24) is 6.15 Å². The van der Waals surface area contributed by atoms with Crippen LogP contribution in [0, 0.1) is 0 Å². The van der Waals surface area contributed by atoms with E-state index in [1.807, 2.05) is 0 Å². The van der Waals surface area contributed by atoms with Crippen molar-refractivity contribution in [2.45, 2.75) is 6.92 Å². The molecule has 0 aromatic rings. The van der Waals surface area contributed by atoms with Gasteiger partial charge in [-0.25, -0.2) is 0 Å². The normalized spacial score (nSPS) is 4.11. The number of rotatable bonds is 0. The number of quaternary nitrogens is 1. The Balaban J connectivity index is -0.0000000233. The molecule has 9 heavy (non-hydrogen) atoms. The van der Waals surface area contributed by atoms with Crippen LogP contribution in [0.4, 0.5) is 0 Å². The second-order valence-corrected chi connectivity index (χ2v) is 0.992. The Morgan fingerprint density at radius 1 is 1.56 bits per heavy atom. The van der Waals surface area contributed by atoms with Crippen LogP contribution in [0.2, 0.25) is 0 Å². The standard InChI is InChI=1S/C2H4O2.GeHO2.H3N.Na/c1-2(3)4;2-1-3;;/h1H3,(H,3,4);1H;1H3;/q;-1;;+1. The maximum atomic E-state index is 8.89. The fraction of sp³-hybridized carbons (Fsp3) is 0.500. The number of hydrogen-bond donors (Lipinski definition) is 1. The summed E-state index contributed by atoms with van der Waals surface area (Å²) in [5.74, 6) is -1.08. The molecule has 0 atom stereocenters. The number of hydrogen-bond acceptors (Lipinski definition) is 4. The average Bonchev–Trinajstić information content (AvgIpc) is 1.33. The van der Waals surface area contributed by atoms with Crippen molar-refractivity contribution in [2.24, 2.45) is 0 Å². The third-order valence-corrected chi connectivity index (χ3v) is 0. The van der Waals surface area contributed by atoms with E-state index in [1.165, 1.54) is 0 Å². The molecule has 4 N–H and O–H groups in total. The van der Waals surface area contributed by atoms with Crippen molar-refractivity contribution in [1.29, 1.82) is 0 Å². The second kappa shape index (κ2) is 23.5. The SMILES string of the molecule is CC(=O)[O-].[NH4+].[Na+].[O]=[GeH][O-]. The average molecular weight is 206 g/mol. The van der Waals surface area contributed by atoms with Gasteiger partial charge < -0.3 is 16.1 Å². The first-order valence-electron chi connectivity index (χ1n) is 1.38. The van der Waals surface area contributed by atoms with Gasteiger partial charge in [-0.2, -0.15) is 0 Å². The number of carboxylic acids is 1. The van der Waals surface area contributed by atoms with E-state index in [4.69, 9.17) is 17.8 Å². The van der Waals surface area contributed by atoms with Gasteiger partial charge in [-0.3, -0.25) is 0 Å². The fourth-order valence-corrected chi connectivity index (χ4v) is 0. The molecule has 0 rings (SSSR count). The number of carbonyl (C=O) groups excluding carboxylic acids is 1. The first kappa shape index (κ1) is 22.7. The first-order chi connectivity index (χ1) is 3.15. The van der Waals surface area contributed by atoms with E-state index in [-0.39, 0.29) is 35.7 Å². The Morgan fingerprint density at radius 3 is 1.56 bits per heavy atom. The summed E-state index contributed by atoms with van der Waals surface area (Å²) in [6.45, 7) is 0.972. The van der Waals surface area contributed by atoms with E-state index in [2.05, 4.69) is 0 Å². The molecule has 0 amide bonds. The van der Waals surface area contributed by atoms with Crippen LogP contribution in [-0.2, 0) is 8.57 Å². The van der Waals surface area contributed by atoms with Crippen LogP contribution in [0.3, 0.4) is 0 Å². The number of carbonyl (C=O) groups is 1. The van der Waals surface area contributed by atoms with Gasteiger partial charge in [0.2, 0.25) is 0 Å². The Kier molecular flexibility index (Phi) is 59.2. The predicted molar refractivity (Wildman–Crippen MR) is 24.5 cm³/mol. The molecular weight excluding hydrogens is 198 g/mol. The molecule has 0 fully saturated rings. The van der Waals surface area contributed by atoms with Crippen molar-refractivity contribution in [2.75, 3.05) is 0 Å². The van der Waals surface area contributed by atoms with Crippen LogP contribution in [0.1, 0.15) is 6.92 Å². The Bertz CT molecular complexity index is 65.6. The summed E-state index contributed by atoms with van der Waals surface area (Å²) in [6.07, 6.45) is 0. The summed E-state index contributed by atoms with van der Waals surface area (Å²) in [7, 11) is 0. The van der Waals surface area contributed by atoms with E-state index < -0.39 is 21.7 Å². The maximum absolute atomic E-state index is 8.89. The fourth-order valence-electron chi connectivity index (χ4n) is 0. The van der Waals surface area contributed by atoms with E-state index >= 15 is 0 Å². The Morgan fingerprint density at radius 2 is 1.56 bits per heavy atom. The van der Waals surface area contributed by atoms with Crippen LogP contribution in [-0.4, -0.2) is 21.7 Å². The molecule has 0 saturated heterocycles. The van der Waals surface area contributed by atoms with E-state index in [9.17, 15) is 0 Å². The molecule has 0 saturated carbocycles. The van der Waals surface area contributed by atoms with Gasteiger partial charge in [0.1, 0.15) is 0 Å². The predicted octanol–water partition coefficient (Wildman–Crippen LogP) is -5.82. The molecule has 0 aliphatic rings. The molecule has 0 aromatic carbocycles. The number of aliphatic carboxylic acids is 1. The Labute approximate surface area is 81.7 Å². The third kappa shape index (κ3) is 1130. The van der Waals surface area contributed by atoms with E-state index in [0.717, 1.165) is 6.92 Å². The van der Waals surface area contributed by atoms with Crippen LogP contribution >= 0.6 is 0 Å². The molecule has 0 aliphatic carbocycles. The molecule has 0 aromatic heterocycles. The molecule has 0 radical (unpaired) electrons. The summed E-state index contributed by atoms with van der Waals surface area (Å²) >= 11 is -2.19. The van der Waals surface area contributed by atoms with Crippen molar-refractivity contribution in [3.63, 3.8) is 0 Å². The van der Waals surface area contributed by atoms with Gasteiger partial charge in [-0.1, -0.05) is 0 Å². The van der Waals surface area contributed by atoms with Crippen LogP contribution < -0.4 is 44.9 Å². The summed E-state index contributed by atoms with van der Waals surface area (Å²) in [5.41, 5.74) is 0. The molecule has 5 nitrogen and oxygen atoms in total. The molecule has 0 heterocycles. The van der Waals surface area contributed by atoms with Crippen molar-refractivity contribution in [3.05, 3.63) is 0 Å². The minimum absolute atomic E-state index is 0. The quantitative estimate of drug-likeness (QED) is 0.397. The van der Waals surface area contributed by atoms with Gasteiger partial charge in [-0.05, 0) is 6.92 Å². The van der Waals surface area contributed by atoms with Gasteiger partial charge in [0.25, 0.3) is 0 Å². The zero-order valence-corrected chi connectivity index (χ0v) is 10.1. The third-order valence-electron chi connectivity index (χ3n) is 0. The number of carboxylic acid groups (broad SMARTS) is 1. The van der Waals surface area contributed by atoms with Gasteiger partial charge in [0, 0.05) is 5.97 Å². The van der Waals surface area contributed by atoms with E-state index in [0.29, 0.717) is 0 Å². The van der Waals surface area contributed by atoms with Crippen LogP contribution in [0.5, 0.6) is 0 Å². The topological polar surface area (TPSA) is 117 Å². The van der Waals surface area contributed by atoms with Gasteiger partial charge >= 0.3 is 53.2 Å².